The molecule has 0 saturated carbocycles. The van der Waals surface area contributed by atoms with Crippen LogP contribution in [-0.2, 0) is 56.1 Å². The molecule has 1 saturated heterocycles. The average Bonchev–Trinajstić information content (AvgIpc) is 3.42. The monoisotopic (exact) mass is 777 g/mol. The van der Waals surface area contributed by atoms with Crippen LogP contribution in [0, 0.1) is 17.8 Å². The number of nitrogens with zero attached hydrogens (tertiary/aromatic N) is 1. The molecular formula is C42H59N5O9. The maximum absolute atomic E-state index is 12.9. The molecule has 0 radical (unpaired) electrons. The van der Waals surface area contributed by atoms with Crippen LogP contribution in [-0.4, -0.2) is 71.7 Å². The fraction of sp³-hybridized carbons (Fsp3) is 0.548. The predicted octanol–water partition coefficient (Wildman–Crippen LogP) is 4.58. The number of carbonyl (C=O) groups excluding carboxylic acids is 7. The molecule has 0 aromatic heterocycles. The summed E-state index contributed by atoms with van der Waals surface area (Å²) in [5, 5.41) is 10.9. The Kier molecular flexibility index (Phi) is 16.3. The zero-order chi connectivity index (χ0) is 41.8. The Hall–Kier alpha value is -5.11. The minimum Gasteiger partial charge on any atom is -0.461 e. The molecule has 0 spiro atoms. The van der Waals surface area contributed by atoms with Gasteiger partial charge in [-0.05, 0) is 88.8 Å². The summed E-state index contributed by atoms with van der Waals surface area (Å²) in [5.41, 5.74) is 1.30. The Bertz CT molecular complexity index is 1720. The van der Waals surface area contributed by atoms with Crippen molar-refractivity contribution in [3.8, 4) is 0 Å². The largest absolute Gasteiger partial charge is 0.461 e. The number of anilines is 2. The van der Waals surface area contributed by atoms with Crippen molar-refractivity contribution in [1.82, 2.24) is 16.0 Å². The second-order valence-corrected chi connectivity index (χ2v) is 16.3. The van der Waals surface area contributed by atoms with Gasteiger partial charge in [0, 0.05) is 30.7 Å². The van der Waals surface area contributed by atoms with E-state index >= 15 is 0 Å². The van der Waals surface area contributed by atoms with E-state index in [0.29, 0.717) is 30.8 Å². The number of nitrogens with one attached hydrogen (secondary N) is 4. The number of ether oxygens (including phenoxy) is 2. The van der Waals surface area contributed by atoms with Gasteiger partial charge in [0.05, 0.1) is 36.1 Å². The molecule has 2 unspecified atom stereocenters. The fourth-order valence-corrected chi connectivity index (χ4v) is 5.83. The van der Waals surface area contributed by atoms with Crippen LogP contribution in [0.2, 0.25) is 0 Å². The van der Waals surface area contributed by atoms with Crippen LogP contribution in [0.5, 0.6) is 0 Å². The van der Waals surface area contributed by atoms with E-state index in [4.69, 9.17) is 9.47 Å². The molecule has 6 amide bonds. The number of hydrogen-bond donors (Lipinski definition) is 4. The molecule has 306 valence electrons. The fourth-order valence-electron chi connectivity index (χ4n) is 5.83. The molecule has 14 heteroatoms. The first-order valence-electron chi connectivity index (χ1n) is 19.2. The molecule has 1 heterocycles. The second-order valence-electron chi connectivity index (χ2n) is 16.3. The van der Waals surface area contributed by atoms with Crippen LogP contribution in [0.1, 0.15) is 99.1 Å². The maximum atomic E-state index is 12.9. The van der Waals surface area contributed by atoms with Crippen LogP contribution in [0.4, 0.5) is 11.4 Å². The van der Waals surface area contributed by atoms with E-state index in [1.54, 1.807) is 62.4 Å². The topological polar surface area (TPSA) is 189 Å². The number of benzene rings is 2. The molecule has 2 aromatic carbocycles. The number of hydrogen-bond acceptors (Lipinski definition) is 9. The van der Waals surface area contributed by atoms with E-state index in [1.807, 2.05) is 41.5 Å². The van der Waals surface area contributed by atoms with Gasteiger partial charge < -0.3 is 30.7 Å². The third kappa shape index (κ3) is 14.5. The Morgan fingerprint density at radius 3 is 2.04 bits per heavy atom. The lowest BCUT2D eigenvalue weighted by atomic mass is 9.94. The van der Waals surface area contributed by atoms with Gasteiger partial charge in [0.1, 0.15) is 12.6 Å². The lowest BCUT2D eigenvalue weighted by Crippen LogP contribution is -2.46. The van der Waals surface area contributed by atoms with Crippen molar-refractivity contribution in [3.05, 3.63) is 59.7 Å². The third-order valence-electron chi connectivity index (χ3n) is 9.49. The van der Waals surface area contributed by atoms with Crippen molar-refractivity contribution in [2.24, 2.45) is 17.8 Å². The summed E-state index contributed by atoms with van der Waals surface area (Å²) in [4.78, 5) is 88.6. The maximum Gasteiger partial charge on any atom is 0.308 e. The number of amides is 6. The smallest absolute Gasteiger partial charge is 0.308 e. The van der Waals surface area contributed by atoms with Gasteiger partial charge >= 0.3 is 5.97 Å². The van der Waals surface area contributed by atoms with E-state index in [1.165, 1.54) is 11.8 Å². The summed E-state index contributed by atoms with van der Waals surface area (Å²) in [5.74, 6) is -2.64. The van der Waals surface area contributed by atoms with E-state index in [2.05, 4.69) is 21.3 Å². The molecule has 1 aliphatic rings. The molecule has 2 atom stereocenters. The van der Waals surface area contributed by atoms with Gasteiger partial charge in [0.2, 0.25) is 35.4 Å². The van der Waals surface area contributed by atoms with Crippen molar-refractivity contribution in [3.63, 3.8) is 0 Å². The Morgan fingerprint density at radius 2 is 1.45 bits per heavy atom. The van der Waals surface area contributed by atoms with E-state index in [0.717, 1.165) is 11.1 Å². The lowest BCUT2D eigenvalue weighted by molar-refractivity contribution is -0.148. The minimum absolute atomic E-state index is 0.0759. The van der Waals surface area contributed by atoms with Gasteiger partial charge in [-0.15, -0.1) is 0 Å². The van der Waals surface area contributed by atoms with Gasteiger partial charge in [-0.3, -0.25) is 38.5 Å². The van der Waals surface area contributed by atoms with Crippen molar-refractivity contribution in [1.29, 1.82) is 0 Å². The third-order valence-corrected chi connectivity index (χ3v) is 9.49. The molecule has 3 rings (SSSR count). The average molecular weight is 778 g/mol. The molecule has 56 heavy (non-hydrogen) atoms. The van der Waals surface area contributed by atoms with E-state index in [-0.39, 0.29) is 79.8 Å². The normalized spacial score (nSPS) is 15.1. The van der Waals surface area contributed by atoms with E-state index in [9.17, 15) is 33.6 Å². The standard InChI is InChI=1S/C42H59N5O9/c1-26(2)33-23-37(51)47(39(33)53)32-16-12-29(13-17-32)22-35(49)46-41(6,7)20-21-56-42(8,9)19-18-34(48)43-24-36(50)44-28(5)38(52)45-31-14-10-30(11-15-31)25-55-40(54)27(3)4/h10-17,26-28,33H,18-25H2,1-9H3,(H,43,48)(H,44,50)(H,45,52)(H,46,49). The Labute approximate surface area is 330 Å². The van der Waals surface area contributed by atoms with Crippen LogP contribution < -0.4 is 26.2 Å². The van der Waals surface area contributed by atoms with Crippen LogP contribution in [0.15, 0.2) is 48.5 Å². The summed E-state index contributed by atoms with van der Waals surface area (Å²) in [6, 6.07) is 12.8. The zero-order valence-corrected chi connectivity index (χ0v) is 34.2. The highest BCUT2D eigenvalue weighted by Crippen LogP contribution is 2.31. The van der Waals surface area contributed by atoms with Gasteiger partial charge in [-0.1, -0.05) is 52.0 Å². The van der Waals surface area contributed by atoms with Gasteiger partial charge in [-0.25, -0.2) is 0 Å². The first-order chi connectivity index (χ1) is 26.2. The molecule has 1 aliphatic heterocycles. The summed E-state index contributed by atoms with van der Waals surface area (Å²) in [7, 11) is 0. The minimum atomic E-state index is -0.863. The second kappa shape index (κ2) is 20.2. The zero-order valence-electron chi connectivity index (χ0n) is 34.2. The highest BCUT2D eigenvalue weighted by Gasteiger charge is 2.40. The van der Waals surface area contributed by atoms with Gasteiger partial charge in [0.15, 0.2) is 0 Å². The Morgan fingerprint density at radius 1 is 0.821 bits per heavy atom. The molecule has 1 fully saturated rings. The van der Waals surface area contributed by atoms with Gasteiger partial charge in [0.25, 0.3) is 0 Å². The van der Waals surface area contributed by atoms with Crippen molar-refractivity contribution in [2.45, 2.75) is 118 Å². The first kappa shape index (κ1) is 45.3. The summed E-state index contributed by atoms with van der Waals surface area (Å²) in [6.07, 6.45) is 1.34. The van der Waals surface area contributed by atoms with Gasteiger partial charge in [-0.2, -0.15) is 0 Å². The highest BCUT2D eigenvalue weighted by molar-refractivity contribution is 6.21. The molecule has 2 aromatic rings. The van der Waals surface area contributed by atoms with E-state index < -0.39 is 29.0 Å². The van der Waals surface area contributed by atoms with Crippen molar-refractivity contribution in [2.75, 3.05) is 23.4 Å². The highest BCUT2D eigenvalue weighted by atomic mass is 16.5. The van der Waals surface area contributed by atoms with Crippen molar-refractivity contribution >= 4 is 52.8 Å². The number of esters is 1. The summed E-state index contributed by atoms with van der Waals surface area (Å²) < 4.78 is 11.3. The lowest BCUT2D eigenvalue weighted by Gasteiger charge is -2.30. The van der Waals surface area contributed by atoms with Crippen molar-refractivity contribution < 1.29 is 43.0 Å². The molecule has 14 nitrogen and oxygen atoms in total. The SMILES string of the molecule is CC(C)C(=O)OCc1ccc(NC(=O)C(C)NC(=O)CNC(=O)CCC(C)(C)OCCC(C)(C)NC(=O)Cc2ccc(N3C(=O)CC(C(C)C)C3=O)cc2)cc1. The Balaban J connectivity index is 1.32. The predicted molar refractivity (Wildman–Crippen MR) is 212 cm³/mol. The van der Waals surface area contributed by atoms with Crippen LogP contribution >= 0.6 is 0 Å². The van der Waals surface area contributed by atoms with Crippen LogP contribution in [0.3, 0.4) is 0 Å². The number of imide groups is 1. The summed E-state index contributed by atoms with van der Waals surface area (Å²) >= 11 is 0. The quantitative estimate of drug-likeness (QED) is 0.110. The molecule has 4 N–H and O–H groups in total. The first-order valence-corrected chi connectivity index (χ1v) is 19.2. The number of rotatable bonds is 20. The molecule has 0 bridgehead atoms. The number of carbonyl (C=O) groups is 7. The molecule has 0 aliphatic carbocycles. The molecular weight excluding hydrogens is 718 g/mol. The van der Waals surface area contributed by atoms with Crippen LogP contribution in [0.25, 0.3) is 0 Å². The summed E-state index contributed by atoms with van der Waals surface area (Å²) in [6.45, 7) is 16.6.